The molecule has 1 radical (unpaired) electrons. The number of ether oxygens (including phenoxy) is 2. The summed E-state index contributed by atoms with van der Waals surface area (Å²) in [6.45, 7) is 6.31. The summed E-state index contributed by atoms with van der Waals surface area (Å²) in [4.78, 5) is 26.2. The Kier molecular flexibility index (Phi) is 10.4. The number of esters is 1. The van der Waals surface area contributed by atoms with Crippen LogP contribution in [0.15, 0.2) is 47.4 Å². The van der Waals surface area contributed by atoms with Gasteiger partial charge in [0.2, 0.25) is 0 Å². The topological polar surface area (TPSA) is 116 Å². The van der Waals surface area contributed by atoms with Crippen LogP contribution in [0.2, 0.25) is 5.21 Å². The Morgan fingerprint density at radius 3 is 2.30 bits per heavy atom. The zero-order valence-electron chi connectivity index (χ0n) is 19.1. The third-order valence-corrected chi connectivity index (χ3v) is 8.24. The summed E-state index contributed by atoms with van der Waals surface area (Å²) >= 11 is -0.503. The number of nitrogens with two attached hydrogens (primary N) is 1. The monoisotopic (exact) mass is 537 g/mol. The molecule has 0 aliphatic carbocycles. The van der Waals surface area contributed by atoms with Crippen molar-refractivity contribution in [2.45, 2.75) is 43.7 Å². The molecule has 0 fully saturated rings. The van der Waals surface area contributed by atoms with Gasteiger partial charge in [-0.1, -0.05) is 0 Å². The van der Waals surface area contributed by atoms with Gasteiger partial charge in [-0.15, -0.1) is 0 Å². The number of carbonyl (C=O) groups is 2. The van der Waals surface area contributed by atoms with Crippen molar-refractivity contribution in [1.29, 1.82) is 0 Å². The Labute approximate surface area is 202 Å². The summed E-state index contributed by atoms with van der Waals surface area (Å²) in [6, 6.07) is 11.5. The number of benzene rings is 2. The Morgan fingerprint density at radius 1 is 1.06 bits per heavy atom. The molecule has 0 spiro atoms. The summed E-state index contributed by atoms with van der Waals surface area (Å²) in [5.74, 6) is -0.515. The van der Waals surface area contributed by atoms with Crippen LogP contribution in [-0.4, -0.2) is 60.6 Å². The molecule has 2 rings (SSSR count). The molecule has 0 aliphatic heterocycles. The average molecular weight is 537 g/mol. The van der Waals surface area contributed by atoms with Crippen LogP contribution in [0.5, 0.6) is 11.5 Å². The van der Waals surface area contributed by atoms with Crippen LogP contribution in [0.25, 0.3) is 0 Å². The molecule has 10 heteroatoms. The molecule has 2 aromatic carbocycles. The molecule has 0 saturated heterocycles. The van der Waals surface area contributed by atoms with Gasteiger partial charge >= 0.3 is 202 Å². The van der Waals surface area contributed by atoms with Crippen molar-refractivity contribution in [2.75, 3.05) is 19.7 Å². The number of unbranched alkanes of at least 4 members (excludes halogenated alkanes) is 1. The number of hydrogen-bond donors (Lipinski definition) is 1. The number of carbonyl (C=O) groups excluding carboxylic acids is 2. The molecule has 0 saturated carbocycles. The van der Waals surface area contributed by atoms with Crippen LogP contribution in [-0.2, 0) is 19.6 Å². The summed E-state index contributed by atoms with van der Waals surface area (Å²) < 4.78 is 36.6. The SMILES string of the molecule is CCCC[As]c1cc(C(=O)OCC(=O)N(CC)CC)cc(S(N)(=O)=O)c1Oc1ccccc1. The van der Waals surface area contributed by atoms with E-state index in [1.54, 1.807) is 35.2 Å². The quantitative estimate of drug-likeness (QED) is 0.253. The zero-order chi connectivity index (χ0) is 24.4. The van der Waals surface area contributed by atoms with E-state index in [0.717, 1.165) is 24.1 Å². The number of amides is 1. The van der Waals surface area contributed by atoms with Gasteiger partial charge in [0.05, 0.1) is 0 Å². The molecular formula is C23H30AsN2O6S. The summed E-state index contributed by atoms with van der Waals surface area (Å²) in [7, 11) is -4.21. The van der Waals surface area contributed by atoms with Crippen molar-refractivity contribution in [3.63, 3.8) is 0 Å². The van der Waals surface area contributed by atoms with Crippen LogP contribution < -0.4 is 14.2 Å². The molecule has 0 atom stereocenters. The Hall–Kier alpha value is -2.35. The van der Waals surface area contributed by atoms with E-state index in [4.69, 9.17) is 14.6 Å². The van der Waals surface area contributed by atoms with Crippen LogP contribution in [0.4, 0.5) is 0 Å². The van der Waals surface area contributed by atoms with E-state index in [0.29, 0.717) is 23.2 Å². The Morgan fingerprint density at radius 2 is 1.73 bits per heavy atom. The first kappa shape index (κ1) is 26.9. The first-order chi connectivity index (χ1) is 15.7. The van der Waals surface area contributed by atoms with E-state index in [9.17, 15) is 18.0 Å². The minimum atomic E-state index is -4.21. The second-order valence-electron chi connectivity index (χ2n) is 7.16. The van der Waals surface area contributed by atoms with Crippen molar-refractivity contribution in [2.24, 2.45) is 5.14 Å². The van der Waals surface area contributed by atoms with E-state index in [-0.39, 0.29) is 22.1 Å². The molecule has 2 N–H and O–H groups in total. The van der Waals surface area contributed by atoms with Crippen LogP contribution >= 0.6 is 0 Å². The zero-order valence-corrected chi connectivity index (χ0v) is 21.8. The fourth-order valence-corrected chi connectivity index (χ4v) is 6.48. The van der Waals surface area contributed by atoms with Gasteiger partial charge in [-0.3, -0.25) is 0 Å². The maximum absolute atomic E-state index is 12.7. The van der Waals surface area contributed by atoms with Crippen molar-refractivity contribution >= 4 is 42.0 Å². The second kappa shape index (κ2) is 12.8. The number of hydrogen-bond acceptors (Lipinski definition) is 6. The van der Waals surface area contributed by atoms with Crippen molar-refractivity contribution < 1.29 is 27.5 Å². The molecule has 0 unspecified atom stereocenters. The molecule has 0 aliphatic rings. The van der Waals surface area contributed by atoms with Crippen LogP contribution in [0.3, 0.4) is 0 Å². The predicted octanol–water partition coefficient (Wildman–Crippen LogP) is 2.70. The number of para-hydroxylation sites is 1. The van der Waals surface area contributed by atoms with Crippen molar-refractivity contribution in [1.82, 2.24) is 4.90 Å². The third-order valence-electron chi connectivity index (χ3n) is 4.78. The van der Waals surface area contributed by atoms with E-state index in [1.807, 2.05) is 19.9 Å². The first-order valence-electron chi connectivity index (χ1n) is 10.8. The molecule has 8 nitrogen and oxygen atoms in total. The normalized spacial score (nSPS) is 11.5. The molecule has 0 bridgehead atoms. The van der Waals surface area contributed by atoms with E-state index in [2.05, 4.69) is 6.92 Å². The number of likely N-dealkylation sites (N-methyl/N-ethyl adjacent to an activating group) is 1. The van der Waals surface area contributed by atoms with Crippen molar-refractivity contribution in [3.8, 4) is 11.5 Å². The number of sulfonamides is 1. The number of nitrogens with zero attached hydrogens (tertiary/aromatic N) is 1. The van der Waals surface area contributed by atoms with Gasteiger partial charge in [-0.05, 0) is 0 Å². The predicted molar refractivity (Wildman–Crippen MR) is 128 cm³/mol. The van der Waals surface area contributed by atoms with Gasteiger partial charge in [0.25, 0.3) is 0 Å². The summed E-state index contributed by atoms with van der Waals surface area (Å²) in [5.41, 5.74) is 0.0218. The van der Waals surface area contributed by atoms with Gasteiger partial charge in [-0.2, -0.15) is 0 Å². The maximum atomic E-state index is 12.7. The van der Waals surface area contributed by atoms with E-state index >= 15 is 0 Å². The van der Waals surface area contributed by atoms with E-state index in [1.165, 1.54) is 0 Å². The second-order valence-corrected chi connectivity index (χ2v) is 11.3. The first-order valence-corrected chi connectivity index (χ1v) is 14.6. The van der Waals surface area contributed by atoms with Crippen LogP contribution in [0.1, 0.15) is 44.0 Å². The molecule has 0 aromatic heterocycles. The molecule has 33 heavy (non-hydrogen) atoms. The van der Waals surface area contributed by atoms with Gasteiger partial charge < -0.3 is 0 Å². The summed E-state index contributed by atoms with van der Waals surface area (Å²) in [5, 5.41) is 6.35. The molecule has 2 aromatic rings. The standard InChI is InChI=1S/C23H30AsN2O6S/c1-4-7-13-24-19-14-17(23(28)31-16-21(27)26(5-2)6-3)15-20(33(25,29)30)22(19)32-18-11-9-8-10-12-18/h8-12,14-15H,4-7,13,16H2,1-3H3,(H2,25,29,30). The van der Waals surface area contributed by atoms with Gasteiger partial charge in [0.1, 0.15) is 0 Å². The third kappa shape index (κ3) is 7.87. The van der Waals surface area contributed by atoms with Crippen molar-refractivity contribution in [3.05, 3.63) is 48.0 Å². The number of primary sulfonamides is 1. The average Bonchev–Trinajstić information content (AvgIpc) is 2.79. The molecule has 1 amide bonds. The number of rotatable bonds is 12. The van der Waals surface area contributed by atoms with Gasteiger partial charge in [0.15, 0.2) is 0 Å². The molecular weight excluding hydrogens is 507 g/mol. The summed E-state index contributed by atoms with van der Waals surface area (Å²) in [6.07, 6.45) is 1.95. The van der Waals surface area contributed by atoms with Gasteiger partial charge in [0, 0.05) is 0 Å². The van der Waals surface area contributed by atoms with E-state index < -0.39 is 38.4 Å². The van der Waals surface area contributed by atoms with Gasteiger partial charge in [-0.25, -0.2) is 0 Å². The fraction of sp³-hybridized carbons (Fsp3) is 0.391. The minimum absolute atomic E-state index is 0.0218. The van der Waals surface area contributed by atoms with Crippen LogP contribution in [0, 0.1) is 0 Å². The fourth-order valence-electron chi connectivity index (χ4n) is 2.98. The molecule has 179 valence electrons. The molecule has 0 heterocycles. The Balaban J connectivity index is 2.44. The Bertz CT molecular complexity index is 1060.